The Morgan fingerprint density at radius 3 is 2.39 bits per heavy atom. The van der Waals surface area contributed by atoms with Crippen LogP contribution in [-0.2, 0) is 16.1 Å². The first-order valence-corrected chi connectivity index (χ1v) is 8.53. The minimum Gasteiger partial charge on any atom is -0.493 e. The Balaban J connectivity index is 2.02. The lowest BCUT2D eigenvalue weighted by atomic mass is 10.2. The molecule has 8 nitrogen and oxygen atoms in total. The van der Waals surface area contributed by atoms with Crippen LogP contribution in [0.1, 0.15) is 22.8 Å². The van der Waals surface area contributed by atoms with Crippen molar-refractivity contribution < 1.29 is 28.6 Å². The number of benzene rings is 2. The molecule has 0 aliphatic heterocycles. The van der Waals surface area contributed by atoms with Crippen molar-refractivity contribution in [3.63, 3.8) is 0 Å². The molecule has 0 fully saturated rings. The van der Waals surface area contributed by atoms with Crippen molar-refractivity contribution in [1.82, 2.24) is 10.6 Å². The number of hydrogen-bond acceptors (Lipinski definition) is 6. The average Bonchev–Trinajstić information content (AvgIpc) is 2.72. The Kier molecular flexibility index (Phi) is 7.38. The van der Waals surface area contributed by atoms with Gasteiger partial charge in [-0.2, -0.15) is 0 Å². The predicted octanol–water partition coefficient (Wildman–Crippen LogP) is 2.28. The smallest absolute Gasteiger partial charge is 0.339 e. The van der Waals surface area contributed by atoms with E-state index in [1.807, 2.05) is 35.6 Å². The summed E-state index contributed by atoms with van der Waals surface area (Å²) in [4.78, 5) is 35.2. The van der Waals surface area contributed by atoms with Crippen molar-refractivity contribution in [3.8, 4) is 11.5 Å². The highest BCUT2D eigenvalue weighted by molar-refractivity contribution is 5.98. The van der Waals surface area contributed by atoms with Crippen LogP contribution < -0.4 is 20.1 Å². The maximum atomic E-state index is 12.3. The number of carbonyl (C=O) groups excluding carboxylic acids is 3. The van der Waals surface area contributed by atoms with Crippen LogP contribution >= 0.6 is 0 Å². The summed E-state index contributed by atoms with van der Waals surface area (Å²) < 4.78 is 16.1. The molecule has 0 spiro atoms. The SMILES string of the molecule is CNC(=O)NC(=O)[C@@H](C)OC(=O)c1ccc(OCc2ccccc2)c(OC)c1. The summed E-state index contributed by atoms with van der Waals surface area (Å²) in [7, 11) is 2.83. The minimum atomic E-state index is -1.15. The highest BCUT2D eigenvalue weighted by atomic mass is 16.5. The molecule has 0 heterocycles. The Labute approximate surface area is 162 Å². The minimum absolute atomic E-state index is 0.184. The number of rotatable bonds is 7. The zero-order valence-electron chi connectivity index (χ0n) is 15.9. The lowest BCUT2D eigenvalue weighted by molar-refractivity contribution is -0.127. The molecule has 2 rings (SSSR count). The van der Waals surface area contributed by atoms with E-state index in [-0.39, 0.29) is 5.56 Å². The molecule has 148 valence electrons. The van der Waals surface area contributed by atoms with Gasteiger partial charge < -0.3 is 19.5 Å². The van der Waals surface area contributed by atoms with Gasteiger partial charge in [0.15, 0.2) is 17.6 Å². The van der Waals surface area contributed by atoms with Crippen molar-refractivity contribution in [2.75, 3.05) is 14.2 Å². The average molecular weight is 386 g/mol. The highest BCUT2D eigenvalue weighted by Crippen LogP contribution is 2.29. The van der Waals surface area contributed by atoms with Crippen LogP contribution in [0.25, 0.3) is 0 Å². The molecule has 2 aromatic carbocycles. The summed E-state index contributed by atoms with van der Waals surface area (Å²) in [6.07, 6.45) is -1.15. The highest BCUT2D eigenvalue weighted by Gasteiger charge is 2.21. The van der Waals surface area contributed by atoms with Crippen LogP contribution in [0.15, 0.2) is 48.5 Å². The van der Waals surface area contributed by atoms with E-state index in [9.17, 15) is 14.4 Å². The second-order valence-corrected chi connectivity index (χ2v) is 5.76. The Morgan fingerprint density at radius 1 is 1.04 bits per heavy atom. The van der Waals surface area contributed by atoms with Crippen LogP contribution in [0.5, 0.6) is 11.5 Å². The lowest BCUT2D eigenvalue weighted by Gasteiger charge is -2.14. The standard InChI is InChI=1S/C20H22N2O6/c1-13(18(23)22-20(25)21-2)28-19(24)15-9-10-16(17(11-15)26-3)27-12-14-7-5-4-6-8-14/h4-11,13H,12H2,1-3H3,(H2,21,22,23,25)/t13-/m1/s1. The summed E-state index contributed by atoms with van der Waals surface area (Å²) in [5, 5.41) is 4.28. The van der Waals surface area contributed by atoms with E-state index in [4.69, 9.17) is 14.2 Å². The van der Waals surface area contributed by atoms with E-state index in [1.54, 1.807) is 6.07 Å². The molecule has 2 aromatic rings. The van der Waals surface area contributed by atoms with E-state index in [2.05, 4.69) is 5.32 Å². The topological polar surface area (TPSA) is 103 Å². The zero-order valence-corrected chi connectivity index (χ0v) is 15.9. The molecule has 28 heavy (non-hydrogen) atoms. The fourth-order valence-electron chi connectivity index (χ4n) is 2.21. The van der Waals surface area contributed by atoms with Crippen molar-refractivity contribution in [2.24, 2.45) is 0 Å². The molecule has 0 bridgehead atoms. The molecule has 0 aromatic heterocycles. The molecule has 0 radical (unpaired) electrons. The number of amides is 3. The van der Waals surface area contributed by atoms with Gasteiger partial charge in [-0.1, -0.05) is 30.3 Å². The van der Waals surface area contributed by atoms with Crippen LogP contribution in [-0.4, -0.2) is 38.2 Å². The predicted molar refractivity (Wildman–Crippen MR) is 101 cm³/mol. The van der Waals surface area contributed by atoms with Gasteiger partial charge in [-0.3, -0.25) is 10.1 Å². The van der Waals surface area contributed by atoms with Gasteiger partial charge in [0.25, 0.3) is 5.91 Å². The third-order valence-electron chi connectivity index (χ3n) is 3.75. The number of nitrogens with one attached hydrogen (secondary N) is 2. The van der Waals surface area contributed by atoms with Crippen molar-refractivity contribution >= 4 is 17.9 Å². The first kappa shape index (κ1) is 20.8. The number of ether oxygens (including phenoxy) is 3. The first-order chi connectivity index (χ1) is 13.4. The maximum absolute atomic E-state index is 12.3. The summed E-state index contributed by atoms with van der Waals surface area (Å²) >= 11 is 0. The van der Waals surface area contributed by atoms with E-state index < -0.39 is 24.0 Å². The quantitative estimate of drug-likeness (QED) is 0.708. The number of esters is 1. The molecule has 2 N–H and O–H groups in total. The summed E-state index contributed by atoms with van der Waals surface area (Å²) in [6.45, 7) is 1.71. The third kappa shape index (κ3) is 5.73. The largest absolute Gasteiger partial charge is 0.493 e. The summed E-state index contributed by atoms with van der Waals surface area (Å²) in [5.74, 6) is -0.642. The van der Waals surface area contributed by atoms with Crippen LogP contribution in [0, 0.1) is 0 Å². The van der Waals surface area contributed by atoms with Gasteiger partial charge in [0.05, 0.1) is 12.7 Å². The molecule has 0 aliphatic rings. The fraction of sp³-hybridized carbons (Fsp3) is 0.250. The molecule has 0 saturated carbocycles. The van der Waals surface area contributed by atoms with E-state index >= 15 is 0 Å². The normalized spacial score (nSPS) is 11.1. The molecular formula is C20H22N2O6. The zero-order chi connectivity index (χ0) is 20.5. The van der Waals surface area contributed by atoms with Gasteiger partial charge in [-0.15, -0.1) is 0 Å². The molecule has 0 unspecified atom stereocenters. The van der Waals surface area contributed by atoms with Gasteiger partial charge in [0.2, 0.25) is 0 Å². The van der Waals surface area contributed by atoms with Crippen molar-refractivity contribution in [3.05, 3.63) is 59.7 Å². The molecular weight excluding hydrogens is 364 g/mol. The maximum Gasteiger partial charge on any atom is 0.339 e. The number of methoxy groups -OCH3 is 1. The van der Waals surface area contributed by atoms with E-state index in [0.717, 1.165) is 5.56 Å². The molecule has 0 saturated heterocycles. The molecule has 3 amide bonds. The van der Waals surface area contributed by atoms with Gasteiger partial charge in [-0.25, -0.2) is 9.59 Å². The number of imide groups is 1. The first-order valence-electron chi connectivity index (χ1n) is 8.53. The molecule has 0 aliphatic carbocycles. The second-order valence-electron chi connectivity index (χ2n) is 5.76. The summed E-state index contributed by atoms with van der Waals surface area (Å²) in [5.41, 5.74) is 1.17. The lowest BCUT2D eigenvalue weighted by Crippen LogP contribution is -2.43. The van der Waals surface area contributed by atoms with E-state index in [1.165, 1.54) is 33.2 Å². The monoisotopic (exact) mass is 386 g/mol. The summed E-state index contributed by atoms with van der Waals surface area (Å²) in [6, 6.07) is 13.5. The van der Waals surface area contributed by atoms with Gasteiger partial charge >= 0.3 is 12.0 Å². The fourth-order valence-corrected chi connectivity index (χ4v) is 2.21. The van der Waals surface area contributed by atoms with E-state index in [0.29, 0.717) is 18.1 Å². The van der Waals surface area contributed by atoms with Crippen molar-refractivity contribution in [2.45, 2.75) is 19.6 Å². The van der Waals surface area contributed by atoms with Crippen LogP contribution in [0.3, 0.4) is 0 Å². The van der Waals surface area contributed by atoms with Crippen LogP contribution in [0.4, 0.5) is 4.79 Å². The number of urea groups is 1. The Bertz CT molecular complexity index is 838. The van der Waals surface area contributed by atoms with Gasteiger partial charge in [0, 0.05) is 7.05 Å². The van der Waals surface area contributed by atoms with Gasteiger partial charge in [-0.05, 0) is 30.7 Å². The van der Waals surface area contributed by atoms with Gasteiger partial charge in [0.1, 0.15) is 6.61 Å². The molecule has 8 heteroatoms. The number of carbonyl (C=O) groups is 3. The third-order valence-corrected chi connectivity index (χ3v) is 3.75. The van der Waals surface area contributed by atoms with Crippen molar-refractivity contribution in [1.29, 1.82) is 0 Å². The second kappa shape index (κ2) is 9.96. The Morgan fingerprint density at radius 2 is 1.75 bits per heavy atom. The number of hydrogen-bond donors (Lipinski definition) is 2. The molecule has 1 atom stereocenters. The van der Waals surface area contributed by atoms with Crippen LogP contribution in [0.2, 0.25) is 0 Å². The Hall–Kier alpha value is -3.55.